The van der Waals surface area contributed by atoms with Gasteiger partial charge in [-0.2, -0.15) is 0 Å². The number of aromatic hydroxyl groups is 1. The lowest BCUT2D eigenvalue weighted by atomic mass is 9.77. The Kier molecular flexibility index (Phi) is 3.69. The number of nitro groups is 1. The first-order valence-electron chi connectivity index (χ1n) is 6.19. The number of para-hydroxylation sites is 1. The predicted octanol–water partition coefficient (Wildman–Crippen LogP) is 2.66. The van der Waals surface area contributed by atoms with Gasteiger partial charge in [-0.3, -0.25) is 14.9 Å². The summed E-state index contributed by atoms with van der Waals surface area (Å²) in [5.41, 5.74) is 0.162. The maximum Gasteiger partial charge on any atom is 0.310 e. The minimum Gasteiger partial charge on any atom is -0.502 e. The SMILES string of the molecule is O=C(O)C1CCCC(c2cccc([N+](=O)[O-])c2O)C1. The van der Waals surface area contributed by atoms with Crippen LogP contribution in [0.2, 0.25) is 0 Å². The zero-order chi connectivity index (χ0) is 14.0. The van der Waals surface area contributed by atoms with Crippen molar-refractivity contribution in [1.82, 2.24) is 0 Å². The summed E-state index contributed by atoms with van der Waals surface area (Å²) < 4.78 is 0. The smallest absolute Gasteiger partial charge is 0.310 e. The van der Waals surface area contributed by atoms with Gasteiger partial charge in [-0.1, -0.05) is 18.6 Å². The molecule has 1 aromatic rings. The van der Waals surface area contributed by atoms with Gasteiger partial charge in [0.1, 0.15) is 0 Å². The monoisotopic (exact) mass is 265 g/mol. The summed E-state index contributed by atoms with van der Waals surface area (Å²) in [5.74, 6) is -1.73. The van der Waals surface area contributed by atoms with E-state index in [-0.39, 0.29) is 17.4 Å². The number of phenols is 1. The van der Waals surface area contributed by atoms with Crippen molar-refractivity contribution >= 4 is 11.7 Å². The largest absolute Gasteiger partial charge is 0.502 e. The Morgan fingerprint density at radius 2 is 2.11 bits per heavy atom. The lowest BCUT2D eigenvalue weighted by Crippen LogP contribution is -2.21. The summed E-state index contributed by atoms with van der Waals surface area (Å²) in [7, 11) is 0. The van der Waals surface area contributed by atoms with Crippen LogP contribution >= 0.6 is 0 Å². The number of nitro benzene ring substituents is 1. The van der Waals surface area contributed by atoms with Gasteiger partial charge < -0.3 is 10.2 Å². The highest BCUT2D eigenvalue weighted by atomic mass is 16.6. The topological polar surface area (TPSA) is 101 Å². The molecule has 19 heavy (non-hydrogen) atoms. The van der Waals surface area contributed by atoms with E-state index in [1.807, 2.05) is 0 Å². The van der Waals surface area contributed by atoms with E-state index in [1.165, 1.54) is 12.1 Å². The van der Waals surface area contributed by atoms with E-state index < -0.39 is 16.8 Å². The number of phenolic OH excluding ortho intramolecular Hbond substituents is 1. The van der Waals surface area contributed by atoms with Crippen molar-refractivity contribution in [3.63, 3.8) is 0 Å². The number of carbonyl (C=O) groups is 1. The number of hydrogen-bond acceptors (Lipinski definition) is 4. The van der Waals surface area contributed by atoms with E-state index in [4.69, 9.17) is 5.11 Å². The standard InChI is InChI=1S/C13H15NO5/c15-12-10(5-2-6-11(12)14(18)19)8-3-1-4-9(7-8)13(16)17/h2,5-6,8-9,15H,1,3-4,7H2,(H,16,17). The zero-order valence-corrected chi connectivity index (χ0v) is 10.3. The Morgan fingerprint density at radius 1 is 1.37 bits per heavy atom. The number of hydrogen-bond donors (Lipinski definition) is 2. The summed E-state index contributed by atoms with van der Waals surface area (Å²) in [5, 5.41) is 29.8. The fourth-order valence-corrected chi connectivity index (χ4v) is 2.72. The van der Waals surface area contributed by atoms with Crippen molar-refractivity contribution in [3.8, 4) is 5.75 Å². The van der Waals surface area contributed by atoms with Crippen LogP contribution in [0.5, 0.6) is 5.75 Å². The Hall–Kier alpha value is -2.11. The van der Waals surface area contributed by atoms with Crippen molar-refractivity contribution in [2.24, 2.45) is 5.92 Å². The second-order valence-corrected chi connectivity index (χ2v) is 4.87. The van der Waals surface area contributed by atoms with Crippen molar-refractivity contribution in [3.05, 3.63) is 33.9 Å². The second-order valence-electron chi connectivity index (χ2n) is 4.87. The fourth-order valence-electron chi connectivity index (χ4n) is 2.72. The van der Waals surface area contributed by atoms with Crippen LogP contribution in [0.3, 0.4) is 0 Å². The van der Waals surface area contributed by atoms with Crippen LogP contribution in [-0.2, 0) is 4.79 Å². The number of rotatable bonds is 3. The zero-order valence-electron chi connectivity index (χ0n) is 10.3. The van der Waals surface area contributed by atoms with Crippen molar-refractivity contribution in [2.45, 2.75) is 31.6 Å². The van der Waals surface area contributed by atoms with E-state index in [9.17, 15) is 20.0 Å². The van der Waals surface area contributed by atoms with E-state index in [2.05, 4.69) is 0 Å². The molecule has 6 heteroatoms. The molecule has 0 amide bonds. The van der Waals surface area contributed by atoms with Gasteiger partial charge in [0.15, 0.2) is 5.75 Å². The summed E-state index contributed by atoms with van der Waals surface area (Å²) in [6.07, 6.45) is 2.55. The van der Waals surface area contributed by atoms with E-state index >= 15 is 0 Å². The number of aliphatic carboxylic acids is 1. The highest BCUT2D eigenvalue weighted by Crippen LogP contribution is 2.42. The fraction of sp³-hybridized carbons (Fsp3) is 0.462. The molecule has 0 spiro atoms. The van der Waals surface area contributed by atoms with Crippen LogP contribution in [0.1, 0.15) is 37.2 Å². The molecular formula is C13H15NO5. The third kappa shape index (κ3) is 2.67. The first-order chi connectivity index (χ1) is 9.00. The second kappa shape index (κ2) is 5.26. The van der Waals surface area contributed by atoms with Crippen LogP contribution in [0.15, 0.2) is 18.2 Å². The molecule has 102 valence electrons. The molecule has 6 nitrogen and oxygen atoms in total. The Labute approximate surface area is 109 Å². The maximum atomic E-state index is 11.0. The molecule has 0 aromatic heterocycles. The molecule has 1 aliphatic carbocycles. The van der Waals surface area contributed by atoms with Gasteiger partial charge in [0, 0.05) is 11.6 Å². The van der Waals surface area contributed by atoms with E-state index in [0.717, 1.165) is 12.8 Å². The first kappa shape index (κ1) is 13.3. The van der Waals surface area contributed by atoms with Gasteiger partial charge in [0.05, 0.1) is 10.8 Å². The van der Waals surface area contributed by atoms with Gasteiger partial charge in [-0.05, 0) is 25.2 Å². The molecular weight excluding hydrogens is 250 g/mol. The molecule has 1 saturated carbocycles. The minimum atomic E-state index is -0.838. The third-order valence-corrected chi connectivity index (χ3v) is 3.71. The number of carboxylic acid groups (broad SMARTS) is 1. The summed E-state index contributed by atoms with van der Waals surface area (Å²) in [6.45, 7) is 0. The number of nitrogens with zero attached hydrogens (tertiary/aromatic N) is 1. The lowest BCUT2D eigenvalue weighted by molar-refractivity contribution is -0.386. The first-order valence-corrected chi connectivity index (χ1v) is 6.19. The highest BCUT2D eigenvalue weighted by molar-refractivity contribution is 5.70. The van der Waals surface area contributed by atoms with E-state index in [1.54, 1.807) is 6.07 Å². The van der Waals surface area contributed by atoms with Crippen LogP contribution in [0.4, 0.5) is 5.69 Å². The Balaban J connectivity index is 2.29. The molecule has 2 N–H and O–H groups in total. The van der Waals surface area contributed by atoms with E-state index in [0.29, 0.717) is 18.4 Å². The van der Waals surface area contributed by atoms with Gasteiger partial charge >= 0.3 is 11.7 Å². The molecule has 1 fully saturated rings. The van der Waals surface area contributed by atoms with Gasteiger partial charge in [0.2, 0.25) is 0 Å². The molecule has 1 aliphatic rings. The molecule has 0 saturated heterocycles. The quantitative estimate of drug-likeness (QED) is 0.646. The highest BCUT2D eigenvalue weighted by Gasteiger charge is 2.30. The maximum absolute atomic E-state index is 11.0. The van der Waals surface area contributed by atoms with Crippen LogP contribution in [0, 0.1) is 16.0 Å². The molecule has 2 atom stereocenters. The van der Waals surface area contributed by atoms with Crippen LogP contribution in [-0.4, -0.2) is 21.1 Å². The third-order valence-electron chi connectivity index (χ3n) is 3.71. The van der Waals surface area contributed by atoms with Crippen LogP contribution < -0.4 is 0 Å². The van der Waals surface area contributed by atoms with Crippen molar-refractivity contribution < 1.29 is 19.9 Å². The molecule has 2 rings (SSSR count). The molecule has 0 heterocycles. The summed E-state index contributed by atoms with van der Waals surface area (Å²) in [6, 6.07) is 4.41. The Morgan fingerprint density at radius 3 is 2.74 bits per heavy atom. The molecule has 2 unspecified atom stereocenters. The Bertz CT molecular complexity index is 514. The minimum absolute atomic E-state index is 0.130. The number of benzene rings is 1. The van der Waals surface area contributed by atoms with Crippen LogP contribution in [0.25, 0.3) is 0 Å². The van der Waals surface area contributed by atoms with Crippen molar-refractivity contribution in [2.75, 3.05) is 0 Å². The lowest BCUT2D eigenvalue weighted by Gasteiger charge is -2.27. The molecule has 0 bridgehead atoms. The van der Waals surface area contributed by atoms with Crippen molar-refractivity contribution in [1.29, 1.82) is 0 Å². The average molecular weight is 265 g/mol. The number of carboxylic acids is 1. The van der Waals surface area contributed by atoms with Gasteiger partial charge in [-0.15, -0.1) is 0 Å². The summed E-state index contributed by atoms with van der Waals surface area (Å²) >= 11 is 0. The van der Waals surface area contributed by atoms with Gasteiger partial charge in [-0.25, -0.2) is 0 Å². The average Bonchev–Trinajstić information content (AvgIpc) is 2.38. The molecule has 0 aliphatic heterocycles. The molecule has 1 aromatic carbocycles. The van der Waals surface area contributed by atoms with Gasteiger partial charge in [0.25, 0.3) is 0 Å². The summed E-state index contributed by atoms with van der Waals surface area (Å²) in [4.78, 5) is 21.2. The molecule has 0 radical (unpaired) electrons. The predicted molar refractivity (Wildman–Crippen MR) is 67.1 cm³/mol. The normalized spacial score (nSPS) is 22.9.